The van der Waals surface area contributed by atoms with E-state index in [1.165, 1.54) is 4.90 Å². The molecule has 0 N–H and O–H groups in total. The second-order valence-electron chi connectivity index (χ2n) is 4.08. The Morgan fingerprint density at radius 2 is 2.06 bits per heavy atom. The van der Waals surface area contributed by atoms with Crippen LogP contribution in [-0.4, -0.2) is 36.1 Å². The molecule has 1 aromatic carbocycles. The van der Waals surface area contributed by atoms with Crippen LogP contribution < -0.4 is 0 Å². The van der Waals surface area contributed by atoms with Gasteiger partial charge >= 0.3 is 0 Å². The second-order valence-corrected chi connectivity index (χ2v) is 5.25. The Bertz CT molecular complexity index is 339. The van der Waals surface area contributed by atoms with Crippen LogP contribution in [0, 0.1) is 0 Å². The summed E-state index contributed by atoms with van der Waals surface area (Å²) in [6.07, 6.45) is 1.82. The number of hydrogen-bond donors (Lipinski definition) is 0. The van der Waals surface area contributed by atoms with E-state index in [1.54, 1.807) is 0 Å². The predicted octanol–water partition coefficient (Wildman–Crippen LogP) is 2.44. The number of thioether (sulfide) groups is 1. The highest BCUT2D eigenvalue weighted by atomic mass is 32.2. The molecule has 0 radical (unpaired) electrons. The van der Waals surface area contributed by atoms with Crippen LogP contribution >= 0.6 is 11.8 Å². The van der Waals surface area contributed by atoms with E-state index in [1.807, 2.05) is 17.8 Å². The standard InChI is InChI=1S/C13H17NOS/c15-12-5-4-8-14(11-12)9-10-16-13-6-2-1-3-7-13/h1-3,6-7H,4-5,8-11H2. The van der Waals surface area contributed by atoms with Crippen molar-refractivity contribution in [1.82, 2.24) is 4.90 Å². The first-order chi connectivity index (χ1) is 7.84. The van der Waals surface area contributed by atoms with Crippen molar-refractivity contribution in [3.05, 3.63) is 30.3 Å². The van der Waals surface area contributed by atoms with Crippen molar-refractivity contribution >= 4 is 17.5 Å². The van der Waals surface area contributed by atoms with Gasteiger partial charge in [-0.3, -0.25) is 9.69 Å². The Balaban J connectivity index is 1.70. The minimum atomic E-state index is 0.399. The minimum Gasteiger partial charge on any atom is -0.298 e. The lowest BCUT2D eigenvalue weighted by Crippen LogP contribution is -2.36. The quantitative estimate of drug-likeness (QED) is 0.748. The van der Waals surface area contributed by atoms with E-state index in [2.05, 4.69) is 29.2 Å². The molecule has 0 unspecified atom stereocenters. The Morgan fingerprint density at radius 3 is 2.81 bits per heavy atom. The van der Waals surface area contributed by atoms with Gasteiger partial charge in [-0.25, -0.2) is 0 Å². The van der Waals surface area contributed by atoms with E-state index >= 15 is 0 Å². The molecule has 0 spiro atoms. The summed E-state index contributed by atoms with van der Waals surface area (Å²) in [5, 5.41) is 0. The van der Waals surface area contributed by atoms with Crippen molar-refractivity contribution in [2.75, 3.05) is 25.4 Å². The third kappa shape index (κ3) is 3.65. The van der Waals surface area contributed by atoms with Crippen LogP contribution in [0.15, 0.2) is 35.2 Å². The summed E-state index contributed by atoms with van der Waals surface area (Å²) in [7, 11) is 0. The molecule has 0 aromatic heterocycles. The summed E-state index contributed by atoms with van der Waals surface area (Å²) in [5.41, 5.74) is 0. The summed E-state index contributed by atoms with van der Waals surface area (Å²) < 4.78 is 0. The molecule has 2 nitrogen and oxygen atoms in total. The fourth-order valence-electron chi connectivity index (χ4n) is 1.91. The summed E-state index contributed by atoms with van der Waals surface area (Å²) in [5.74, 6) is 1.47. The number of likely N-dealkylation sites (tertiary alicyclic amines) is 1. The Labute approximate surface area is 101 Å². The number of Topliss-reactive ketones (excluding diaryl/α,β-unsaturated/α-hetero) is 1. The number of ketones is 1. The van der Waals surface area contributed by atoms with Crippen LogP contribution in [-0.2, 0) is 4.79 Å². The van der Waals surface area contributed by atoms with Crippen LogP contribution in [0.25, 0.3) is 0 Å². The smallest absolute Gasteiger partial charge is 0.146 e. The molecule has 3 heteroatoms. The Kier molecular flexibility index (Phi) is 4.43. The van der Waals surface area contributed by atoms with Crippen molar-refractivity contribution in [2.45, 2.75) is 17.7 Å². The van der Waals surface area contributed by atoms with Gasteiger partial charge in [-0.05, 0) is 25.1 Å². The van der Waals surface area contributed by atoms with E-state index in [0.29, 0.717) is 12.3 Å². The maximum absolute atomic E-state index is 11.3. The highest BCUT2D eigenvalue weighted by Crippen LogP contribution is 2.17. The van der Waals surface area contributed by atoms with Gasteiger partial charge in [0.2, 0.25) is 0 Å². The molecule has 0 saturated carbocycles. The largest absolute Gasteiger partial charge is 0.298 e. The van der Waals surface area contributed by atoms with E-state index in [9.17, 15) is 4.79 Å². The monoisotopic (exact) mass is 235 g/mol. The van der Waals surface area contributed by atoms with Gasteiger partial charge in [-0.1, -0.05) is 18.2 Å². The number of carbonyl (C=O) groups excluding carboxylic acids is 1. The molecule has 16 heavy (non-hydrogen) atoms. The van der Waals surface area contributed by atoms with E-state index < -0.39 is 0 Å². The number of hydrogen-bond acceptors (Lipinski definition) is 3. The molecule has 2 rings (SSSR count). The molecule has 1 saturated heterocycles. The summed E-state index contributed by atoms with van der Waals surface area (Å²) >= 11 is 1.86. The first kappa shape index (κ1) is 11.7. The lowest BCUT2D eigenvalue weighted by atomic mass is 10.1. The lowest BCUT2D eigenvalue weighted by molar-refractivity contribution is -0.122. The maximum Gasteiger partial charge on any atom is 0.146 e. The average molecular weight is 235 g/mol. The Morgan fingerprint density at radius 1 is 1.25 bits per heavy atom. The molecule has 1 aliphatic heterocycles. The van der Waals surface area contributed by atoms with Crippen molar-refractivity contribution in [2.24, 2.45) is 0 Å². The highest BCUT2D eigenvalue weighted by Gasteiger charge is 2.15. The van der Waals surface area contributed by atoms with Gasteiger partial charge in [0.25, 0.3) is 0 Å². The fraction of sp³-hybridized carbons (Fsp3) is 0.462. The third-order valence-corrected chi connectivity index (χ3v) is 3.74. The van der Waals surface area contributed by atoms with Gasteiger partial charge in [0.05, 0.1) is 6.54 Å². The van der Waals surface area contributed by atoms with Crippen LogP contribution in [0.3, 0.4) is 0 Å². The molecule has 0 amide bonds. The first-order valence-electron chi connectivity index (χ1n) is 5.76. The second kappa shape index (κ2) is 6.06. The van der Waals surface area contributed by atoms with E-state index in [4.69, 9.17) is 0 Å². The van der Waals surface area contributed by atoms with Crippen LogP contribution in [0.4, 0.5) is 0 Å². The molecule has 0 atom stereocenters. The molecule has 1 heterocycles. The normalized spacial score (nSPS) is 17.6. The first-order valence-corrected chi connectivity index (χ1v) is 6.75. The van der Waals surface area contributed by atoms with Crippen LogP contribution in [0.5, 0.6) is 0 Å². The zero-order valence-electron chi connectivity index (χ0n) is 9.39. The van der Waals surface area contributed by atoms with Crippen LogP contribution in [0.1, 0.15) is 12.8 Å². The number of carbonyl (C=O) groups is 1. The molecule has 1 aliphatic rings. The van der Waals surface area contributed by atoms with Crippen molar-refractivity contribution in [3.8, 4) is 0 Å². The predicted molar refractivity (Wildman–Crippen MR) is 67.8 cm³/mol. The summed E-state index contributed by atoms with van der Waals surface area (Å²) in [6, 6.07) is 10.4. The van der Waals surface area contributed by atoms with Gasteiger partial charge in [0.15, 0.2) is 0 Å². The minimum absolute atomic E-state index is 0.399. The summed E-state index contributed by atoms with van der Waals surface area (Å²) in [4.78, 5) is 14.8. The number of piperidine rings is 1. The fourth-order valence-corrected chi connectivity index (χ4v) is 2.84. The average Bonchev–Trinajstić information content (AvgIpc) is 2.30. The van der Waals surface area contributed by atoms with Gasteiger partial charge in [-0.2, -0.15) is 0 Å². The number of rotatable bonds is 4. The Hall–Kier alpha value is -0.800. The molecule has 0 aliphatic carbocycles. The van der Waals surface area contributed by atoms with Gasteiger partial charge in [0, 0.05) is 23.6 Å². The number of nitrogens with zero attached hydrogens (tertiary/aromatic N) is 1. The van der Waals surface area contributed by atoms with E-state index in [0.717, 1.165) is 31.7 Å². The topological polar surface area (TPSA) is 20.3 Å². The number of benzene rings is 1. The van der Waals surface area contributed by atoms with Crippen molar-refractivity contribution < 1.29 is 4.79 Å². The SMILES string of the molecule is O=C1CCCN(CCSc2ccccc2)C1. The zero-order chi connectivity index (χ0) is 11.2. The van der Waals surface area contributed by atoms with E-state index in [-0.39, 0.29) is 0 Å². The molecular formula is C13H17NOS. The summed E-state index contributed by atoms with van der Waals surface area (Å²) in [6.45, 7) is 2.77. The molecule has 1 aromatic rings. The maximum atomic E-state index is 11.3. The zero-order valence-corrected chi connectivity index (χ0v) is 10.2. The van der Waals surface area contributed by atoms with Crippen molar-refractivity contribution in [3.63, 3.8) is 0 Å². The van der Waals surface area contributed by atoms with Crippen LogP contribution in [0.2, 0.25) is 0 Å². The lowest BCUT2D eigenvalue weighted by Gasteiger charge is -2.25. The third-order valence-electron chi connectivity index (χ3n) is 2.75. The molecule has 0 bridgehead atoms. The van der Waals surface area contributed by atoms with Crippen molar-refractivity contribution in [1.29, 1.82) is 0 Å². The van der Waals surface area contributed by atoms with Gasteiger partial charge in [0.1, 0.15) is 5.78 Å². The molecule has 86 valence electrons. The molecule has 1 fully saturated rings. The highest BCUT2D eigenvalue weighted by molar-refractivity contribution is 7.99. The van der Waals surface area contributed by atoms with Gasteiger partial charge in [-0.15, -0.1) is 11.8 Å². The molecular weight excluding hydrogens is 218 g/mol. The van der Waals surface area contributed by atoms with Gasteiger partial charge < -0.3 is 0 Å².